The molecule has 1 aliphatic heterocycles. The predicted octanol–water partition coefficient (Wildman–Crippen LogP) is 4.11. The van der Waals surface area contributed by atoms with Crippen molar-refractivity contribution < 1.29 is 0 Å². The van der Waals surface area contributed by atoms with Crippen molar-refractivity contribution in [2.75, 3.05) is 0 Å². The molecule has 0 spiro atoms. The molecule has 0 aliphatic carbocycles. The summed E-state index contributed by atoms with van der Waals surface area (Å²) in [7, 11) is 0. The van der Waals surface area contributed by atoms with E-state index in [9.17, 15) is 0 Å². The normalized spacial score (nSPS) is 17.9. The highest BCUT2D eigenvalue weighted by molar-refractivity contribution is 6.30. The molecular formula is C15H14ClN3. The van der Waals surface area contributed by atoms with E-state index in [0.29, 0.717) is 5.92 Å². The lowest BCUT2D eigenvalue weighted by Gasteiger charge is -2.14. The summed E-state index contributed by atoms with van der Waals surface area (Å²) in [6, 6.07) is 7.79. The second-order valence-electron chi connectivity index (χ2n) is 4.63. The fourth-order valence-corrected chi connectivity index (χ4v) is 2.53. The number of H-pyrrole nitrogens is 1. The summed E-state index contributed by atoms with van der Waals surface area (Å²) in [5.74, 6) is 0.335. The lowest BCUT2D eigenvalue weighted by molar-refractivity contribution is 0.879. The minimum atomic E-state index is 0.335. The van der Waals surface area contributed by atoms with Crippen molar-refractivity contribution >= 4 is 17.8 Å². The summed E-state index contributed by atoms with van der Waals surface area (Å²) in [4.78, 5) is 4.13. The monoisotopic (exact) mass is 271 g/mol. The second kappa shape index (κ2) is 5.02. The van der Waals surface area contributed by atoms with Crippen LogP contribution in [0.15, 0.2) is 41.5 Å². The third-order valence-electron chi connectivity index (χ3n) is 3.35. The standard InChI is InChI=1S/C15H14ClN3/c1-10-14(11-6-8-17-9-7-11)15(19-18-10)12-2-4-13(16)5-3-12/h2-6,8-9,11H,7H2,1H3,(H,18,19). The number of halogens is 1. The Morgan fingerprint density at radius 2 is 2.05 bits per heavy atom. The molecule has 0 bridgehead atoms. The van der Waals surface area contributed by atoms with Crippen LogP contribution in [0.3, 0.4) is 0 Å². The fraction of sp³-hybridized carbons (Fsp3) is 0.200. The molecule has 0 saturated heterocycles. The average molecular weight is 272 g/mol. The number of allylic oxidation sites excluding steroid dienone is 1. The van der Waals surface area contributed by atoms with E-state index in [-0.39, 0.29) is 0 Å². The molecule has 1 aliphatic rings. The number of hydrogen-bond acceptors (Lipinski definition) is 2. The first kappa shape index (κ1) is 12.2. The molecule has 1 atom stereocenters. The molecule has 0 amide bonds. The zero-order valence-electron chi connectivity index (χ0n) is 10.6. The summed E-state index contributed by atoms with van der Waals surface area (Å²) >= 11 is 5.94. The van der Waals surface area contributed by atoms with E-state index in [2.05, 4.69) is 28.2 Å². The van der Waals surface area contributed by atoms with E-state index >= 15 is 0 Å². The van der Waals surface area contributed by atoms with Crippen LogP contribution in [0.1, 0.15) is 23.6 Å². The Labute approximate surface area is 117 Å². The molecule has 1 aromatic heterocycles. The third-order valence-corrected chi connectivity index (χ3v) is 3.60. The molecule has 4 heteroatoms. The highest BCUT2D eigenvalue weighted by atomic mass is 35.5. The van der Waals surface area contributed by atoms with Crippen LogP contribution in [-0.2, 0) is 0 Å². The van der Waals surface area contributed by atoms with Crippen LogP contribution in [0.4, 0.5) is 0 Å². The van der Waals surface area contributed by atoms with Crippen LogP contribution >= 0.6 is 11.6 Å². The van der Waals surface area contributed by atoms with E-state index in [4.69, 9.17) is 11.6 Å². The Morgan fingerprint density at radius 3 is 2.74 bits per heavy atom. The number of rotatable bonds is 2. The summed E-state index contributed by atoms with van der Waals surface area (Å²) < 4.78 is 0. The predicted molar refractivity (Wildman–Crippen MR) is 78.8 cm³/mol. The van der Waals surface area contributed by atoms with Gasteiger partial charge in [-0.25, -0.2) is 0 Å². The van der Waals surface area contributed by atoms with Crippen molar-refractivity contribution in [2.24, 2.45) is 4.99 Å². The molecule has 0 radical (unpaired) electrons. The van der Waals surface area contributed by atoms with Gasteiger partial charge in [-0.05, 0) is 25.5 Å². The molecule has 2 heterocycles. The maximum atomic E-state index is 5.94. The first-order valence-corrected chi connectivity index (χ1v) is 6.62. The zero-order valence-corrected chi connectivity index (χ0v) is 11.4. The second-order valence-corrected chi connectivity index (χ2v) is 5.07. The molecule has 1 N–H and O–H groups in total. The third kappa shape index (κ3) is 2.34. The van der Waals surface area contributed by atoms with Crippen molar-refractivity contribution in [3.05, 3.63) is 52.8 Å². The van der Waals surface area contributed by atoms with Gasteiger partial charge in [0.05, 0.1) is 5.69 Å². The Kier molecular flexibility index (Phi) is 3.22. The lowest BCUT2D eigenvalue weighted by Crippen LogP contribution is -2.01. The number of aliphatic imine (C=N–C) groups is 1. The number of nitrogens with one attached hydrogen (secondary N) is 1. The number of aromatic amines is 1. The van der Waals surface area contributed by atoms with Gasteiger partial charge in [0.1, 0.15) is 0 Å². The van der Waals surface area contributed by atoms with Crippen LogP contribution < -0.4 is 0 Å². The summed E-state index contributed by atoms with van der Waals surface area (Å²) in [6.07, 6.45) is 6.84. The summed E-state index contributed by atoms with van der Waals surface area (Å²) in [5.41, 5.74) is 4.43. The number of hydrogen-bond donors (Lipinski definition) is 1. The van der Waals surface area contributed by atoms with Crippen LogP contribution in [0.5, 0.6) is 0 Å². The van der Waals surface area contributed by atoms with Gasteiger partial charge in [0.25, 0.3) is 0 Å². The first-order chi connectivity index (χ1) is 9.25. The average Bonchev–Trinajstić information content (AvgIpc) is 2.82. The van der Waals surface area contributed by atoms with Crippen LogP contribution in [0.2, 0.25) is 5.02 Å². The van der Waals surface area contributed by atoms with Gasteiger partial charge in [-0.3, -0.25) is 10.1 Å². The highest BCUT2D eigenvalue weighted by Gasteiger charge is 2.20. The quantitative estimate of drug-likeness (QED) is 0.877. The van der Waals surface area contributed by atoms with Gasteiger partial charge in [0.2, 0.25) is 0 Å². The molecule has 2 aromatic rings. The van der Waals surface area contributed by atoms with Gasteiger partial charge in [-0.2, -0.15) is 5.10 Å². The number of aromatic nitrogens is 2. The van der Waals surface area contributed by atoms with E-state index in [1.54, 1.807) is 0 Å². The van der Waals surface area contributed by atoms with Crippen LogP contribution in [0.25, 0.3) is 11.3 Å². The lowest BCUT2D eigenvalue weighted by atomic mass is 9.91. The van der Waals surface area contributed by atoms with E-state index in [0.717, 1.165) is 28.4 Å². The van der Waals surface area contributed by atoms with Crippen molar-refractivity contribution in [2.45, 2.75) is 19.3 Å². The van der Waals surface area contributed by atoms with Gasteiger partial charge >= 0.3 is 0 Å². The minimum absolute atomic E-state index is 0.335. The van der Waals surface area contributed by atoms with Crippen molar-refractivity contribution in [1.82, 2.24) is 10.2 Å². The zero-order chi connectivity index (χ0) is 13.2. The summed E-state index contributed by atoms with van der Waals surface area (Å²) in [6.45, 7) is 2.06. The molecule has 1 unspecified atom stereocenters. The van der Waals surface area contributed by atoms with Crippen molar-refractivity contribution in [1.29, 1.82) is 0 Å². The number of aryl methyl sites for hydroxylation is 1. The minimum Gasteiger partial charge on any atom is -0.282 e. The van der Waals surface area contributed by atoms with E-state index in [1.165, 1.54) is 5.56 Å². The van der Waals surface area contributed by atoms with Gasteiger partial charge in [-0.1, -0.05) is 29.8 Å². The first-order valence-electron chi connectivity index (χ1n) is 6.25. The Hall–Kier alpha value is -1.87. The maximum absolute atomic E-state index is 5.94. The Balaban J connectivity index is 2.05. The van der Waals surface area contributed by atoms with E-state index < -0.39 is 0 Å². The molecule has 0 fully saturated rings. The van der Waals surface area contributed by atoms with Gasteiger partial charge < -0.3 is 0 Å². The Morgan fingerprint density at radius 1 is 1.26 bits per heavy atom. The van der Waals surface area contributed by atoms with Crippen LogP contribution in [-0.4, -0.2) is 16.4 Å². The van der Waals surface area contributed by atoms with Gasteiger partial charge in [0.15, 0.2) is 0 Å². The molecular weight excluding hydrogens is 258 g/mol. The van der Waals surface area contributed by atoms with Gasteiger partial charge in [-0.15, -0.1) is 0 Å². The fourth-order valence-electron chi connectivity index (χ4n) is 2.40. The molecule has 19 heavy (non-hydrogen) atoms. The van der Waals surface area contributed by atoms with Crippen LogP contribution in [0, 0.1) is 6.92 Å². The topological polar surface area (TPSA) is 41.0 Å². The molecule has 3 nitrogen and oxygen atoms in total. The molecule has 1 aromatic carbocycles. The molecule has 0 saturated carbocycles. The number of benzene rings is 1. The molecule has 3 rings (SSSR count). The maximum Gasteiger partial charge on any atom is 0.0961 e. The van der Waals surface area contributed by atoms with Gasteiger partial charge in [0, 0.05) is 40.2 Å². The van der Waals surface area contributed by atoms with E-state index in [1.807, 2.05) is 36.7 Å². The SMILES string of the molecule is Cc1[nH]nc(-c2ccc(Cl)cc2)c1C1C=CN=CC1. The molecule has 96 valence electrons. The van der Waals surface area contributed by atoms with Crippen molar-refractivity contribution in [3.63, 3.8) is 0 Å². The highest BCUT2D eigenvalue weighted by Crippen LogP contribution is 2.33. The van der Waals surface area contributed by atoms with Crippen molar-refractivity contribution in [3.8, 4) is 11.3 Å². The largest absolute Gasteiger partial charge is 0.282 e. The smallest absolute Gasteiger partial charge is 0.0961 e. The Bertz CT molecular complexity index is 638. The number of nitrogens with zero attached hydrogens (tertiary/aromatic N) is 2. The summed E-state index contributed by atoms with van der Waals surface area (Å²) in [5, 5.41) is 8.27.